The number of amidine groups is 1. The Bertz CT molecular complexity index is 475. The van der Waals surface area contributed by atoms with E-state index in [0.29, 0.717) is 5.84 Å². The van der Waals surface area contributed by atoms with Crippen LogP contribution in [0.1, 0.15) is 33.1 Å². The Balaban J connectivity index is 2.34. The second-order valence-electron chi connectivity index (χ2n) is 5.38. The van der Waals surface area contributed by atoms with Gasteiger partial charge in [-0.25, -0.2) is 0 Å². The molecule has 0 heterocycles. The van der Waals surface area contributed by atoms with Crippen molar-refractivity contribution in [3.05, 3.63) is 27.1 Å². The molecule has 0 saturated heterocycles. The Hall–Kier alpha value is -0.750. The molecule has 0 fully saturated rings. The highest BCUT2D eigenvalue weighted by Crippen LogP contribution is 2.27. The summed E-state index contributed by atoms with van der Waals surface area (Å²) >= 11 is 6.97. The average molecular weight is 407 g/mol. The van der Waals surface area contributed by atoms with E-state index in [1.54, 1.807) is 0 Å². The molecule has 0 aliphatic heterocycles. The second kappa shape index (κ2) is 7.88. The van der Waals surface area contributed by atoms with E-state index in [4.69, 9.17) is 10.9 Å². The number of benzene rings is 1. The number of halogens is 2. The second-order valence-corrected chi connectivity index (χ2v) is 7.15. The zero-order chi connectivity index (χ0) is 15.2. The summed E-state index contributed by atoms with van der Waals surface area (Å²) in [5.74, 6) is 0.292. The fraction of sp³-hybridized carbons (Fsp3) is 0.500. The smallest absolute Gasteiger partial charge is 0.144 e. The molecule has 0 unspecified atom stereocenters. The predicted octanol–water partition coefficient (Wildman–Crippen LogP) is 4.57. The van der Waals surface area contributed by atoms with Crippen LogP contribution >= 0.6 is 31.9 Å². The van der Waals surface area contributed by atoms with Crippen LogP contribution in [0.3, 0.4) is 0 Å². The largest absolute Gasteiger partial charge is 0.409 e. The van der Waals surface area contributed by atoms with Gasteiger partial charge in [0.05, 0.1) is 0 Å². The first-order valence-electron chi connectivity index (χ1n) is 6.54. The zero-order valence-corrected chi connectivity index (χ0v) is 15.0. The summed E-state index contributed by atoms with van der Waals surface area (Å²) in [5, 5.41) is 15.2. The Labute approximate surface area is 137 Å². The van der Waals surface area contributed by atoms with Crippen molar-refractivity contribution in [1.82, 2.24) is 0 Å². The lowest BCUT2D eigenvalue weighted by Gasteiger charge is -2.22. The van der Waals surface area contributed by atoms with Crippen LogP contribution in [0.4, 0.5) is 5.69 Å². The minimum absolute atomic E-state index is 0.259. The van der Waals surface area contributed by atoms with E-state index in [0.717, 1.165) is 40.4 Å². The van der Waals surface area contributed by atoms with Gasteiger partial charge in [0.25, 0.3) is 0 Å². The predicted molar refractivity (Wildman–Crippen MR) is 91.4 cm³/mol. The van der Waals surface area contributed by atoms with Gasteiger partial charge in [-0.05, 0) is 47.0 Å². The summed E-state index contributed by atoms with van der Waals surface area (Å²) in [7, 11) is 0. The van der Waals surface area contributed by atoms with E-state index >= 15 is 0 Å². The van der Waals surface area contributed by atoms with Crippen molar-refractivity contribution in [3.8, 4) is 0 Å². The maximum atomic E-state index is 8.72. The first-order chi connectivity index (χ1) is 9.36. The summed E-state index contributed by atoms with van der Waals surface area (Å²) in [6, 6.07) is 6.05. The number of hydrogen-bond acceptors (Lipinski definition) is 3. The molecule has 4 nitrogen and oxygen atoms in total. The van der Waals surface area contributed by atoms with Gasteiger partial charge in [-0.2, -0.15) is 0 Å². The fourth-order valence-electron chi connectivity index (χ4n) is 1.81. The molecule has 4 N–H and O–H groups in total. The van der Waals surface area contributed by atoms with Crippen LogP contribution in [-0.2, 0) is 0 Å². The van der Waals surface area contributed by atoms with Gasteiger partial charge in [-0.15, -0.1) is 0 Å². The molecule has 6 heteroatoms. The molecule has 0 spiro atoms. The van der Waals surface area contributed by atoms with E-state index < -0.39 is 0 Å². The van der Waals surface area contributed by atoms with Crippen molar-refractivity contribution in [2.24, 2.45) is 16.3 Å². The molecular formula is C14H21Br2N3O. The molecule has 0 aliphatic rings. The molecular weight excluding hydrogens is 386 g/mol. The maximum absolute atomic E-state index is 8.72. The van der Waals surface area contributed by atoms with E-state index in [1.165, 1.54) is 0 Å². The van der Waals surface area contributed by atoms with Crippen molar-refractivity contribution in [1.29, 1.82) is 0 Å². The molecule has 0 saturated carbocycles. The van der Waals surface area contributed by atoms with Crippen LogP contribution < -0.4 is 11.1 Å². The highest BCUT2D eigenvalue weighted by atomic mass is 79.9. The lowest BCUT2D eigenvalue weighted by atomic mass is 9.86. The lowest BCUT2D eigenvalue weighted by molar-refractivity contribution is 0.304. The number of nitrogens with two attached hydrogens (primary N) is 1. The average Bonchev–Trinajstić information content (AvgIpc) is 2.41. The third-order valence-electron chi connectivity index (χ3n) is 3.27. The molecule has 0 atom stereocenters. The summed E-state index contributed by atoms with van der Waals surface area (Å²) < 4.78 is 2.11. The molecule has 0 radical (unpaired) electrons. The van der Waals surface area contributed by atoms with Gasteiger partial charge < -0.3 is 16.3 Å². The van der Waals surface area contributed by atoms with Gasteiger partial charge in [0.1, 0.15) is 5.84 Å². The normalized spacial score (nSPS) is 12.5. The monoisotopic (exact) mass is 405 g/mol. The molecule has 1 rings (SSSR count). The lowest BCUT2D eigenvalue weighted by Crippen LogP contribution is -2.31. The van der Waals surface area contributed by atoms with Crippen molar-refractivity contribution in [3.63, 3.8) is 0 Å². The van der Waals surface area contributed by atoms with E-state index in [1.807, 2.05) is 32.0 Å². The minimum Gasteiger partial charge on any atom is -0.409 e. The Morgan fingerprint density at radius 3 is 2.70 bits per heavy atom. The topological polar surface area (TPSA) is 70.6 Å². The first-order valence-corrected chi connectivity index (χ1v) is 8.12. The SMILES string of the molecule is CC(C)(CCCCNc1cc(Br)ccc1Br)/C(N)=N/O. The number of nitrogens with one attached hydrogen (secondary N) is 1. The molecule has 1 aromatic rings. The highest BCUT2D eigenvalue weighted by Gasteiger charge is 2.22. The number of unbranched alkanes of at least 4 members (excludes halogenated alkanes) is 1. The molecule has 20 heavy (non-hydrogen) atoms. The Morgan fingerprint density at radius 2 is 2.05 bits per heavy atom. The fourth-order valence-corrected chi connectivity index (χ4v) is 2.56. The first kappa shape index (κ1) is 17.3. The summed E-state index contributed by atoms with van der Waals surface area (Å²) in [4.78, 5) is 0. The van der Waals surface area contributed by atoms with E-state index in [2.05, 4.69) is 42.3 Å². The van der Waals surface area contributed by atoms with Crippen LogP contribution in [-0.4, -0.2) is 17.6 Å². The van der Waals surface area contributed by atoms with Gasteiger partial charge >= 0.3 is 0 Å². The minimum atomic E-state index is -0.259. The maximum Gasteiger partial charge on any atom is 0.144 e. The summed E-state index contributed by atoms with van der Waals surface area (Å²) in [5.41, 5.74) is 6.49. The third-order valence-corrected chi connectivity index (χ3v) is 4.46. The van der Waals surface area contributed by atoms with Crippen molar-refractivity contribution in [2.45, 2.75) is 33.1 Å². The molecule has 0 aromatic heterocycles. The van der Waals surface area contributed by atoms with Crippen LogP contribution in [0, 0.1) is 5.41 Å². The van der Waals surface area contributed by atoms with E-state index in [-0.39, 0.29) is 5.41 Å². The van der Waals surface area contributed by atoms with Gasteiger partial charge in [-0.3, -0.25) is 0 Å². The summed E-state index contributed by atoms with van der Waals surface area (Å²) in [6.45, 7) is 4.86. The molecule has 0 bridgehead atoms. The molecule has 1 aromatic carbocycles. The molecule has 0 aliphatic carbocycles. The van der Waals surface area contributed by atoms with Crippen LogP contribution in [0.5, 0.6) is 0 Å². The van der Waals surface area contributed by atoms with Crippen molar-refractivity contribution >= 4 is 43.4 Å². The highest BCUT2D eigenvalue weighted by molar-refractivity contribution is 9.11. The summed E-state index contributed by atoms with van der Waals surface area (Å²) in [6.07, 6.45) is 2.94. The standard InChI is InChI=1S/C14H21Br2N3O/c1-14(2,13(17)19-20)7-3-4-8-18-12-9-10(15)5-6-11(12)16/h5-6,9,18,20H,3-4,7-8H2,1-2H3,(H2,17,19). The van der Waals surface area contributed by atoms with Gasteiger partial charge in [-0.1, -0.05) is 41.4 Å². The zero-order valence-electron chi connectivity index (χ0n) is 11.8. The van der Waals surface area contributed by atoms with Crippen LogP contribution in [0.15, 0.2) is 32.3 Å². The van der Waals surface area contributed by atoms with Gasteiger partial charge in [0.2, 0.25) is 0 Å². The molecule has 0 amide bonds. The number of oxime groups is 1. The van der Waals surface area contributed by atoms with Crippen molar-refractivity contribution < 1.29 is 5.21 Å². The number of nitrogens with zero attached hydrogens (tertiary/aromatic N) is 1. The quantitative estimate of drug-likeness (QED) is 0.204. The number of rotatable bonds is 7. The molecule has 112 valence electrons. The number of hydrogen-bond donors (Lipinski definition) is 3. The van der Waals surface area contributed by atoms with Crippen LogP contribution in [0.2, 0.25) is 0 Å². The Morgan fingerprint density at radius 1 is 1.35 bits per heavy atom. The van der Waals surface area contributed by atoms with E-state index in [9.17, 15) is 0 Å². The van der Waals surface area contributed by atoms with Crippen LogP contribution in [0.25, 0.3) is 0 Å². The number of anilines is 1. The third kappa shape index (κ3) is 5.32. The Kier molecular flexibility index (Phi) is 6.82. The van der Waals surface area contributed by atoms with Crippen molar-refractivity contribution in [2.75, 3.05) is 11.9 Å². The van der Waals surface area contributed by atoms with Gasteiger partial charge in [0.15, 0.2) is 0 Å². The van der Waals surface area contributed by atoms with Gasteiger partial charge in [0, 0.05) is 26.6 Å².